The minimum absolute atomic E-state index is 0.160. The molecule has 1 unspecified atom stereocenters. The van der Waals surface area contributed by atoms with Gasteiger partial charge in [0.1, 0.15) is 13.2 Å². The van der Waals surface area contributed by atoms with Crippen LogP contribution in [0.2, 0.25) is 10.0 Å². The van der Waals surface area contributed by atoms with Crippen LogP contribution in [0.3, 0.4) is 0 Å². The number of hydrogen-bond donors (Lipinski definition) is 1. The number of halogens is 2. The maximum Gasteiger partial charge on any atom is 0.289 e. The van der Waals surface area contributed by atoms with Gasteiger partial charge >= 0.3 is 0 Å². The molecule has 0 aliphatic carbocycles. The second kappa shape index (κ2) is 10.4. The Hall–Kier alpha value is -3.23. The first-order valence-corrected chi connectivity index (χ1v) is 12.6. The highest BCUT2D eigenvalue weighted by molar-refractivity contribution is 6.38. The fraction of sp³-hybridized carbons (Fsp3) is 0.346. The van der Waals surface area contributed by atoms with Crippen molar-refractivity contribution in [2.24, 2.45) is 4.99 Å². The molecule has 0 bridgehead atoms. The van der Waals surface area contributed by atoms with Gasteiger partial charge in [0, 0.05) is 49.0 Å². The lowest BCUT2D eigenvalue weighted by atomic mass is 10.0. The van der Waals surface area contributed by atoms with Gasteiger partial charge in [0.2, 0.25) is 0 Å². The lowest BCUT2D eigenvalue weighted by Crippen LogP contribution is -2.57. The molecule has 8 nitrogen and oxygen atoms in total. The summed E-state index contributed by atoms with van der Waals surface area (Å²) >= 11 is 12.5. The molecule has 3 aliphatic heterocycles. The van der Waals surface area contributed by atoms with E-state index in [0.29, 0.717) is 78.8 Å². The first kappa shape index (κ1) is 24.5. The van der Waals surface area contributed by atoms with Crippen LogP contribution in [0.4, 0.5) is 0 Å². The average Bonchev–Trinajstić information content (AvgIpc) is 3.14. The van der Waals surface area contributed by atoms with E-state index < -0.39 is 0 Å². The molecule has 0 radical (unpaired) electrons. The van der Waals surface area contributed by atoms with E-state index in [-0.39, 0.29) is 17.9 Å². The summed E-state index contributed by atoms with van der Waals surface area (Å²) in [5, 5.41) is 4.10. The van der Waals surface area contributed by atoms with Crippen molar-refractivity contribution in [2.45, 2.75) is 19.4 Å². The minimum atomic E-state index is -0.188. The fourth-order valence-electron chi connectivity index (χ4n) is 4.60. The molecular weight excluding hydrogens is 503 g/mol. The van der Waals surface area contributed by atoms with Gasteiger partial charge in [-0.25, -0.2) is 0 Å². The molecule has 2 aromatic rings. The third kappa shape index (κ3) is 5.01. The van der Waals surface area contributed by atoms with Gasteiger partial charge in [-0.3, -0.25) is 14.6 Å². The van der Waals surface area contributed by atoms with Crippen molar-refractivity contribution in [3.8, 4) is 11.5 Å². The highest BCUT2D eigenvalue weighted by atomic mass is 35.5. The molecule has 2 amide bonds. The highest BCUT2D eigenvalue weighted by Gasteiger charge is 2.33. The molecule has 36 heavy (non-hydrogen) atoms. The molecule has 5 rings (SSSR count). The third-order valence-electron chi connectivity index (χ3n) is 6.45. The zero-order valence-electron chi connectivity index (χ0n) is 19.8. The number of hydrogen-bond acceptors (Lipinski definition) is 6. The van der Waals surface area contributed by atoms with Gasteiger partial charge in [-0.15, -0.1) is 0 Å². The molecule has 1 N–H and O–H groups in total. The SMILES string of the molecule is CC1CN(C(=O)c2cc(Cl)c3c(c2)OCCO3)CCN1C(=O)C1=NCCC(c2cccc(Cl)c2)=CN1. The number of carbonyl (C=O) groups is 2. The molecule has 188 valence electrons. The predicted molar refractivity (Wildman–Crippen MR) is 139 cm³/mol. The van der Waals surface area contributed by atoms with Crippen molar-refractivity contribution >= 4 is 46.4 Å². The van der Waals surface area contributed by atoms with Gasteiger partial charge in [0.05, 0.1) is 5.02 Å². The van der Waals surface area contributed by atoms with Crippen molar-refractivity contribution in [1.82, 2.24) is 15.1 Å². The molecule has 0 saturated carbocycles. The summed E-state index contributed by atoms with van der Waals surface area (Å²) in [6.45, 7) is 4.45. The predicted octanol–water partition coefficient (Wildman–Crippen LogP) is 3.87. The zero-order valence-corrected chi connectivity index (χ0v) is 21.3. The summed E-state index contributed by atoms with van der Waals surface area (Å²) in [5.41, 5.74) is 2.47. The lowest BCUT2D eigenvalue weighted by molar-refractivity contribution is -0.128. The summed E-state index contributed by atoms with van der Waals surface area (Å²) in [4.78, 5) is 34.5. The van der Waals surface area contributed by atoms with Crippen molar-refractivity contribution in [2.75, 3.05) is 39.4 Å². The van der Waals surface area contributed by atoms with Crippen LogP contribution in [0.25, 0.3) is 5.57 Å². The monoisotopic (exact) mass is 528 g/mol. The molecule has 1 fully saturated rings. The summed E-state index contributed by atoms with van der Waals surface area (Å²) in [6.07, 6.45) is 2.52. The molecule has 1 saturated heterocycles. The Morgan fingerprint density at radius 3 is 2.72 bits per heavy atom. The largest absolute Gasteiger partial charge is 0.486 e. The smallest absolute Gasteiger partial charge is 0.289 e. The van der Waals surface area contributed by atoms with Crippen LogP contribution in [0.1, 0.15) is 29.3 Å². The average molecular weight is 529 g/mol. The molecule has 10 heteroatoms. The Balaban J connectivity index is 1.24. The Morgan fingerprint density at radius 1 is 1.08 bits per heavy atom. The number of ether oxygens (including phenoxy) is 2. The minimum Gasteiger partial charge on any atom is -0.486 e. The number of amides is 2. The molecule has 3 aliphatic rings. The summed E-state index contributed by atoms with van der Waals surface area (Å²) in [7, 11) is 0. The van der Waals surface area contributed by atoms with Crippen molar-refractivity contribution in [3.63, 3.8) is 0 Å². The molecule has 3 heterocycles. The van der Waals surface area contributed by atoms with Gasteiger partial charge < -0.3 is 24.6 Å². The Bertz CT molecular complexity index is 1260. The third-order valence-corrected chi connectivity index (χ3v) is 6.97. The van der Waals surface area contributed by atoms with Gasteiger partial charge in [-0.1, -0.05) is 35.3 Å². The molecule has 2 aromatic carbocycles. The maximum atomic E-state index is 13.3. The molecule has 0 spiro atoms. The summed E-state index contributed by atoms with van der Waals surface area (Å²) in [6, 6.07) is 10.7. The fourth-order valence-corrected chi connectivity index (χ4v) is 5.06. The van der Waals surface area contributed by atoms with Gasteiger partial charge in [0.15, 0.2) is 17.3 Å². The van der Waals surface area contributed by atoms with E-state index in [0.717, 1.165) is 11.1 Å². The number of piperazine rings is 1. The Labute approximate surface area is 219 Å². The van der Waals surface area contributed by atoms with E-state index in [1.165, 1.54) is 0 Å². The lowest BCUT2D eigenvalue weighted by Gasteiger charge is -2.40. The van der Waals surface area contributed by atoms with Crippen LogP contribution in [0.15, 0.2) is 47.6 Å². The summed E-state index contributed by atoms with van der Waals surface area (Å²) in [5.74, 6) is 0.902. The van der Waals surface area contributed by atoms with Crippen molar-refractivity contribution in [3.05, 3.63) is 63.8 Å². The van der Waals surface area contributed by atoms with Gasteiger partial charge in [-0.05, 0) is 48.7 Å². The van der Waals surface area contributed by atoms with E-state index in [1.54, 1.807) is 21.9 Å². The van der Waals surface area contributed by atoms with E-state index >= 15 is 0 Å². The number of rotatable bonds is 3. The van der Waals surface area contributed by atoms with E-state index in [1.807, 2.05) is 37.4 Å². The molecule has 0 aromatic heterocycles. The second-order valence-corrected chi connectivity index (χ2v) is 9.73. The first-order chi connectivity index (χ1) is 17.4. The number of fused-ring (bicyclic) bond motifs is 1. The number of aliphatic imine (C=N–C) groups is 1. The number of carbonyl (C=O) groups excluding carboxylic acids is 2. The first-order valence-electron chi connectivity index (χ1n) is 11.9. The van der Waals surface area contributed by atoms with Gasteiger partial charge in [0.25, 0.3) is 11.8 Å². The Kier molecular flexibility index (Phi) is 7.07. The second-order valence-electron chi connectivity index (χ2n) is 8.89. The van der Waals surface area contributed by atoms with Crippen LogP contribution in [0, 0.1) is 0 Å². The van der Waals surface area contributed by atoms with E-state index in [2.05, 4.69) is 10.3 Å². The quantitative estimate of drug-likeness (QED) is 0.653. The summed E-state index contributed by atoms with van der Waals surface area (Å²) < 4.78 is 11.1. The number of nitrogens with one attached hydrogen (secondary N) is 1. The van der Waals surface area contributed by atoms with Crippen LogP contribution in [0.5, 0.6) is 11.5 Å². The van der Waals surface area contributed by atoms with E-state index in [4.69, 9.17) is 32.7 Å². The van der Waals surface area contributed by atoms with Crippen LogP contribution >= 0.6 is 23.2 Å². The van der Waals surface area contributed by atoms with Crippen molar-refractivity contribution < 1.29 is 19.1 Å². The van der Waals surface area contributed by atoms with Crippen LogP contribution in [-0.2, 0) is 4.79 Å². The van der Waals surface area contributed by atoms with Gasteiger partial charge in [-0.2, -0.15) is 0 Å². The molecule has 1 atom stereocenters. The molecular formula is C26H26Cl2N4O4. The van der Waals surface area contributed by atoms with Crippen molar-refractivity contribution in [1.29, 1.82) is 0 Å². The highest BCUT2D eigenvalue weighted by Crippen LogP contribution is 2.38. The van der Waals surface area contributed by atoms with Crippen LogP contribution < -0.4 is 14.8 Å². The standard InChI is InChI=1S/C26H26Cl2N4O4/c1-16-15-31(25(33)19-12-21(28)23-22(13-19)35-9-10-36-23)7-8-32(16)26(34)24-29-6-5-18(14-30-24)17-3-2-4-20(27)11-17/h2-4,11-14,16H,5-10,15H2,1H3,(H,29,30). The number of nitrogens with zero attached hydrogens (tertiary/aromatic N) is 3. The van der Waals surface area contributed by atoms with E-state index in [9.17, 15) is 9.59 Å². The Morgan fingerprint density at radius 2 is 1.92 bits per heavy atom. The topological polar surface area (TPSA) is 83.5 Å². The van der Waals surface area contributed by atoms with Crippen LogP contribution in [-0.4, -0.2) is 72.9 Å². The normalized spacial score (nSPS) is 19.6. The number of amidine groups is 1. The number of benzene rings is 2. The zero-order chi connectivity index (χ0) is 25.2. The maximum absolute atomic E-state index is 13.3.